The first-order chi connectivity index (χ1) is 34.3. The molecule has 416 valence electrons. The van der Waals surface area contributed by atoms with Gasteiger partial charge >= 0.3 is 6.09 Å². The van der Waals surface area contributed by atoms with E-state index >= 15 is 4.79 Å². The van der Waals surface area contributed by atoms with Gasteiger partial charge in [0.25, 0.3) is 0 Å². The summed E-state index contributed by atoms with van der Waals surface area (Å²) in [6.45, 7) is 35.3. The van der Waals surface area contributed by atoms with Gasteiger partial charge in [0.05, 0.1) is 37.1 Å². The van der Waals surface area contributed by atoms with Crippen molar-refractivity contribution in [2.45, 2.75) is 268 Å². The lowest BCUT2D eigenvalue weighted by Gasteiger charge is -2.55. The summed E-state index contributed by atoms with van der Waals surface area (Å²) in [4.78, 5) is 28.5. The third-order valence-electron chi connectivity index (χ3n) is 19.9. The van der Waals surface area contributed by atoms with E-state index in [0.29, 0.717) is 82.7 Å². The zero-order valence-electron chi connectivity index (χ0n) is 47.4. The van der Waals surface area contributed by atoms with Crippen molar-refractivity contribution in [1.82, 2.24) is 5.32 Å². The van der Waals surface area contributed by atoms with Crippen LogP contribution in [-0.4, -0.2) is 118 Å². The molecule has 13 nitrogen and oxygen atoms in total. The smallest absolute Gasteiger partial charge is 0.407 e. The molecule has 6 saturated heterocycles. The molecule has 1 aliphatic carbocycles. The fourth-order valence-electron chi connectivity index (χ4n) is 13.9. The molecule has 7 rings (SSSR count). The zero-order valence-corrected chi connectivity index (χ0v) is 49.4. The van der Waals surface area contributed by atoms with Gasteiger partial charge in [-0.15, -0.1) is 0 Å². The fourth-order valence-corrected chi connectivity index (χ4v) is 18.5. The van der Waals surface area contributed by atoms with E-state index in [1.807, 2.05) is 0 Å². The number of aliphatic hydroxyl groups is 2. The Morgan fingerprint density at radius 2 is 1.63 bits per heavy atom. The van der Waals surface area contributed by atoms with Crippen molar-refractivity contribution in [2.75, 3.05) is 19.8 Å². The van der Waals surface area contributed by atoms with Crippen LogP contribution in [0.1, 0.15) is 172 Å². The van der Waals surface area contributed by atoms with Gasteiger partial charge in [-0.1, -0.05) is 93.2 Å². The molecule has 0 radical (unpaired) electrons. The molecule has 0 unspecified atom stereocenters. The predicted octanol–water partition coefficient (Wildman–Crippen LogP) is 12.0. The molecule has 0 saturated carbocycles. The van der Waals surface area contributed by atoms with Gasteiger partial charge < -0.3 is 52.8 Å². The second-order valence-electron chi connectivity index (χ2n) is 25.8. The number of carbonyl (C=O) groups is 2. The Morgan fingerprint density at radius 3 is 2.30 bits per heavy atom. The first kappa shape index (κ1) is 58.9. The normalized spacial score (nSPS) is 38.7. The van der Waals surface area contributed by atoms with Crippen LogP contribution in [0, 0.1) is 29.1 Å². The number of hydrogen-bond acceptors (Lipinski definition) is 12. The minimum atomic E-state index is -2.39. The largest absolute Gasteiger partial charge is 0.445 e. The Kier molecular flexibility index (Phi) is 18.5. The van der Waals surface area contributed by atoms with Crippen LogP contribution in [0.4, 0.5) is 4.79 Å². The van der Waals surface area contributed by atoms with Gasteiger partial charge in [0.2, 0.25) is 0 Å². The number of hydrogen-bond donors (Lipinski definition) is 3. The third-order valence-corrected chi connectivity index (χ3v) is 29.1. The van der Waals surface area contributed by atoms with Crippen molar-refractivity contribution in [3.8, 4) is 0 Å². The first-order valence-electron chi connectivity index (χ1n) is 28.8. The van der Waals surface area contributed by atoms with Gasteiger partial charge in [0, 0.05) is 56.4 Å². The second kappa shape index (κ2) is 22.9. The molecule has 15 heteroatoms. The quantitative estimate of drug-likeness (QED) is 0.0993. The summed E-state index contributed by atoms with van der Waals surface area (Å²) in [7, 11) is -4.51. The van der Waals surface area contributed by atoms with E-state index in [0.717, 1.165) is 55.8 Å². The number of fused-ring (bicyclic) bond motifs is 7. The summed E-state index contributed by atoms with van der Waals surface area (Å²) in [5.41, 5.74) is 0.178. The number of aliphatic hydroxyl groups excluding tert-OH is 2. The van der Waals surface area contributed by atoms with E-state index < -0.39 is 81.9 Å². The van der Waals surface area contributed by atoms with E-state index in [-0.39, 0.29) is 53.5 Å². The monoisotopic (exact) mass is 1060 g/mol. The Morgan fingerprint density at radius 1 is 0.918 bits per heavy atom. The lowest BCUT2D eigenvalue weighted by Crippen LogP contribution is -2.65. The number of nitrogens with one attached hydrogen (secondary N) is 1. The van der Waals surface area contributed by atoms with Gasteiger partial charge in [-0.05, 0) is 131 Å². The van der Waals surface area contributed by atoms with Gasteiger partial charge in [0.15, 0.2) is 34.0 Å². The number of Topliss-reactive ketones (excluding diaryl/α,β-unsaturated/α-hetero) is 1. The maximum atomic E-state index is 15.9. The standard InChI is InChI=1S/C58H99NO12Si2/c1-15-31-64-52(63)59-37-42(8)40(6)34-55-28-24-43(47(61)38-60)33-46(55)50-51-49(69-72(13,14)53(9,10)11)41(7)35-57(67-50,68-51)36-45-22-20-26-56(65-45)29-30-58(70-56)54(12,71-73(16-2,17-3)18-4)27-25-44(66-58)32-39(5)21-19-23-48(55)62/h15,33,40-42,44-47,49-51,60-61H,1,5,16-32,34-38H2,2-4,6-14H3,(H,59,63)/t40-,41+,42-,44-,45+,46+,47+,49+,50-,51+,54+,55+,56+,57+,58+/m0/s1. The topological polar surface area (TPSA) is 160 Å². The van der Waals surface area contributed by atoms with Crippen LogP contribution < -0.4 is 5.32 Å². The molecule has 7 bridgehead atoms. The number of ether oxygens (including phenoxy) is 6. The number of rotatable bonds is 16. The highest BCUT2D eigenvalue weighted by Gasteiger charge is 2.68. The summed E-state index contributed by atoms with van der Waals surface area (Å²) < 4.78 is 57.8. The zero-order chi connectivity index (χ0) is 53.4. The summed E-state index contributed by atoms with van der Waals surface area (Å²) in [5.74, 6) is -3.27. The highest BCUT2D eigenvalue weighted by atomic mass is 28.4. The highest BCUT2D eigenvalue weighted by molar-refractivity contribution is 6.74. The van der Waals surface area contributed by atoms with Gasteiger partial charge in [-0.3, -0.25) is 4.79 Å². The van der Waals surface area contributed by atoms with E-state index in [9.17, 15) is 15.0 Å². The highest BCUT2D eigenvalue weighted by Crippen LogP contribution is 2.60. The van der Waals surface area contributed by atoms with Crippen molar-refractivity contribution in [2.24, 2.45) is 29.1 Å². The maximum Gasteiger partial charge on any atom is 0.407 e. The number of amides is 1. The number of ketones is 1. The molecule has 7 aliphatic rings. The molecule has 3 N–H and O–H groups in total. The minimum Gasteiger partial charge on any atom is -0.445 e. The van der Waals surface area contributed by atoms with Gasteiger partial charge in [-0.2, -0.15) is 0 Å². The Balaban J connectivity index is 1.32. The predicted molar refractivity (Wildman–Crippen MR) is 290 cm³/mol. The lowest BCUT2D eigenvalue weighted by molar-refractivity contribution is -0.400. The molecule has 3 spiro atoms. The van der Waals surface area contributed by atoms with Crippen molar-refractivity contribution in [3.05, 3.63) is 36.5 Å². The van der Waals surface area contributed by atoms with Crippen LogP contribution in [0.15, 0.2) is 36.5 Å². The van der Waals surface area contributed by atoms with Crippen LogP contribution in [0.5, 0.6) is 0 Å². The van der Waals surface area contributed by atoms with Crippen LogP contribution in [0.2, 0.25) is 36.3 Å². The van der Waals surface area contributed by atoms with E-state index in [1.165, 1.54) is 0 Å². The molecule has 0 aromatic carbocycles. The van der Waals surface area contributed by atoms with Crippen LogP contribution in [0.3, 0.4) is 0 Å². The van der Waals surface area contributed by atoms with E-state index in [2.05, 4.69) is 107 Å². The Bertz CT molecular complexity index is 1980. The fraction of sp³-hybridized carbons (Fsp3) is 0.862. The molecule has 0 aromatic heterocycles. The minimum absolute atomic E-state index is 0.0191. The Labute approximate surface area is 442 Å². The maximum absolute atomic E-state index is 15.9. The summed E-state index contributed by atoms with van der Waals surface area (Å²) in [6.07, 6.45) is 10.5. The van der Waals surface area contributed by atoms with Crippen molar-refractivity contribution < 1.29 is 57.1 Å². The number of carbonyl (C=O) groups excluding carboxylic acids is 2. The second-order valence-corrected chi connectivity index (χ2v) is 35.3. The molecule has 15 atom stereocenters. The summed E-state index contributed by atoms with van der Waals surface area (Å²) >= 11 is 0. The SMILES string of the molecule is C=CCOC(=O)NC[C@H](C)[C@@H](C)C[C@]12CCC([C@H](O)CO)=C[C@@H]1[C@@H]1O[C@]3(C[C@H]4CCC[C@@]5(CC[C@@]6(O[C@@H](CC[C@@]6(C)O[Si](CC)(CC)CC)CC(=C)CCCC2=O)O5)O4)C[C@@H](C)[C@@H](O[Si](C)(C)C(C)(C)C)[C@H]1O3. The van der Waals surface area contributed by atoms with Crippen LogP contribution >= 0.6 is 0 Å². The molecule has 6 fully saturated rings. The van der Waals surface area contributed by atoms with E-state index in [4.69, 9.17) is 37.3 Å². The number of alkyl carbamates (subject to hydrolysis) is 1. The summed E-state index contributed by atoms with van der Waals surface area (Å²) in [6, 6.07) is 3.09. The Hall–Kier alpha value is -1.77. The molecular weight excluding hydrogens is 959 g/mol. The molecule has 1 amide bonds. The van der Waals surface area contributed by atoms with Gasteiger partial charge in [-0.25, -0.2) is 4.79 Å². The third kappa shape index (κ3) is 12.1. The van der Waals surface area contributed by atoms with Crippen molar-refractivity contribution in [1.29, 1.82) is 0 Å². The van der Waals surface area contributed by atoms with Crippen molar-refractivity contribution >= 4 is 28.5 Å². The average molecular weight is 1060 g/mol. The van der Waals surface area contributed by atoms with Crippen LogP contribution in [-0.2, 0) is 42.1 Å². The molecule has 6 heterocycles. The molecule has 73 heavy (non-hydrogen) atoms. The van der Waals surface area contributed by atoms with Crippen molar-refractivity contribution in [3.63, 3.8) is 0 Å². The van der Waals surface area contributed by atoms with Crippen LogP contribution in [0.25, 0.3) is 0 Å². The summed E-state index contributed by atoms with van der Waals surface area (Å²) in [5, 5.41) is 24.7. The lowest BCUT2D eigenvalue weighted by atomic mass is 9.57. The average Bonchev–Trinajstić information content (AvgIpc) is 3.85. The molecule has 0 aromatic rings. The molecular formula is C58H99NO12Si2. The molecule has 6 aliphatic heterocycles. The van der Waals surface area contributed by atoms with Gasteiger partial charge in [0.1, 0.15) is 24.1 Å². The van der Waals surface area contributed by atoms with E-state index in [1.54, 1.807) is 6.08 Å². The first-order valence-corrected chi connectivity index (χ1v) is 34.2.